The van der Waals surface area contributed by atoms with Crippen LogP contribution in [0.5, 0.6) is 0 Å². The highest BCUT2D eigenvalue weighted by Gasteiger charge is 2.32. The van der Waals surface area contributed by atoms with Crippen molar-refractivity contribution in [3.8, 4) is 0 Å². The highest BCUT2D eigenvalue weighted by Crippen LogP contribution is 2.15. The number of nitrogens with one attached hydrogen (secondary N) is 1. The summed E-state index contributed by atoms with van der Waals surface area (Å²) in [7, 11) is 0. The molecule has 1 aliphatic rings. The number of carbonyl (C=O) groups is 2. The predicted octanol–water partition coefficient (Wildman–Crippen LogP) is 1.49. The van der Waals surface area contributed by atoms with Gasteiger partial charge in [-0.05, 0) is 24.0 Å². The van der Waals surface area contributed by atoms with Crippen molar-refractivity contribution in [1.29, 1.82) is 0 Å². The number of amides is 2. The van der Waals surface area contributed by atoms with E-state index in [1.165, 1.54) is 5.56 Å². The summed E-state index contributed by atoms with van der Waals surface area (Å²) in [6.07, 6.45) is 1.65. The van der Waals surface area contributed by atoms with E-state index in [0.717, 1.165) is 12.0 Å². The number of benzene rings is 1. The molecule has 0 bridgehead atoms. The molecule has 0 aliphatic carbocycles. The van der Waals surface area contributed by atoms with Crippen LogP contribution in [0.3, 0.4) is 0 Å². The van der Waals surface area contributed by atoms with E-state index >= 15 is 0 Å². The Hall–Kier alpha value is -1.84. The van der Waals surface area contributed by atoms with Crippen molar-refractivity contribution in [2.45, 2.75) is 39.3 Å². The standard InChI is InChI=1S/C15H20N2O2/c1-3-11-5-7-12(8-6-11)10-17-13(4-2)15(19)16-9-14(17)18/h5-8,13H,3-4,9-10H2,1-2H3,(H,16,19). The van der Waals surface area contributed by atoms with Crippen molar-refractivity contribution < 1.29 is 9.59 Å². The van der Waals surface area contributed by atoms with Crippen molar-refractivity contribution in [3.63, 3.8) is 0 Å². The number of hydrogen-bond acceptors (Lipinski definition) is 2. The Morgan fingerprint density at radius 3 is 2.37 bits per heavy atom. The molecule has 102 valence electrons. The van der Waals surface area contributed by atoms with Gasteiger partial charge >= 0.3 is 0 Å². The fourth-order valence-electron chi connectivity index (χ4n) is 2.38. The summed E-state index contributed by atoms with van der Waals surface area (Å²) in [5, 5.41) is 2.64. The summed E-state index contributed by atoms with van der Waals surface area (Å²) >= 11 is 0. The lowest BCUT2D eigenvalue weighted by Gasteiger charge is -2.34. The van der Waals surface area contributed by atoms with Crippen molar-refractivity contribution in [1.82, 2.24) is 10.2 Å². The van der Waals surface area contributed by atoms with E-state index < -0.39 is 0 Å². The molecule has 0 spiro atoms. The van der Waals surface area contributed by atoms with Crippen molar-refractivity contribution in [2.75, 3.05) is 6.54 Å². The Morgan fingerprint density at radius 2 is 1.79 bits per heavy atom. The zero-order valence-electron chi connectivity index (χ0n) is 11.5. The van der Waals surface area contributed by atoms with Crippen LogP contribution in [0.2, 0.25) is 0 Å². The van der Waals surface area contributed by atoms with E-state index in [-0.39, 0.29) is 24.4 Å². The van der Waals surface area contributed by atoms with Gasteiger partial charge < -0.3 is 10.2 Å². The zero-order valence-corrected chi connectivity index (χ0v) is 11.5. The number of rotatable bonds is 4. The highest BCUT2D eigenvalue weighted by molar-refractivity contribution is 5.94. The van der Waals surface area contributed by atoms with E-state index in [1.54, 1.807) is 4.90 Å². The molecule has 1 fully saturated rings. The molecule has 1 N–H and O–H groups in total. The van der Waals surface area contributed by atoms with Gasteiger partial charge in [0.2, 0.25) is 11.8 Å². The molecule has 2 amide bonds. The molecule has 2 rings (SSSR count). The number of nitrogens with zero attached hydrogens (tertiary/aromatic N) is 1. The largest absolute Gasteiger partial charge is 0.345 e. The first-order valence-corrected chi connectivity index (χ1v) is 6.80. The smallest absolute Gasteiger partial charge is 0.243 e. The van der Waals surface area contributed by atoms with Crippen LogP contribution in [0.1, 0.15) is 31.4 Å². The van der Waals surface area contributed by atoms with Crippen LogP contribution in [0.25, 0.3) is 0 Å². The minimum Gasteiger partial charge on any atom is -0.345 e. The molecule has 1 heterocycles. The molecular formula is C15H20N2O2. The third kappa shape index (κ3) is 2.95. The summed E-state index contributed by atoms with van der Waals surface area (Å²) in [5.74, 6) is -0.0571. The van der Waals surface area contributed by atoms with E-state index in [9.17, 15) is 9.59 Å². The molecule has 0 aromatic heterocycles. The van der Waals surface area contributed by atoms with Crippen LogP contribution in [-0.2, 0) is 22.6 Å². The SMILES string of the molecule is CCc1ccc(CN2C(=O)CNC(=O)C2CC)cc1. The van der Waals surface area contributed by atoms with Crippen LogP contribution in [0, 0.1) is 0 Å². The van der Waals surface area contributed by atoms with Gasteiger partial charge in [-0.1, -0.05) is 38.1 Å². The van der Waals surface area contributed by atoms with Crippen molar-refractivity contribution in [2.24, 2.45) is 0 Å². The molecule has 19 heavy (non-hydrogen) atoms. The average Bonchev–Trinajstić information content (AvgIpc) is 2.44. The molecule has 0 saturated carbocycles. The fraction of sp³-hybridized carbons (Fsp3) is 0.467. The summed E-state index contributed by atoms with van der Waals surface area (Å²) in [6, 6.07) is 7.87. The Labute approximate surface area is 113 Å². The second-order valence-electron chi connectivity index (χ2n) is 4.83. The van der Waals surface area contributed by atoms with E-state index in [2.05, 4.69) is 24.4 Å². The molecular weight excluding hydrogens is 240 g/mol. The van der Waals surface area contributed by atoms with Crippen LogP contribution in [-0.4, -0.2) is 29.3 Å². The Balaban J connectivity index is 2.14. The first-order chi connectivity index (χ1) is 9.15. The van der Waals surface area contributed by atoms with Gasteiger partial charge in [-0.25, -0.2) is 0 Å². The lowest BCUT2D eigenvalue weighted by Crippen LogP contribution is -2.57. The lowest BCUT2D eigenvalue weighted by atomic mass is 10.1. The maximum atomic E-state index is 11.9. The minimum atomic E-state index is -0.341. The monoisotopic (exact) mass is 260 g/mol. The molecule has 1 aromatic rings. The number of piperazine rings is 1. The first kappa shape index (κ1) is 13.6. The molecule has 1 atom stereocenters. The predicted molar refractivity (Wildman–Crippen MR) is 73.5 cm³/mol. The molecule has 1 aromatic carbocycles. The minimum absolute atomic E-state index is 0.00832. The maximum absolute atomic E-state index is 11.9. The van der Waals surface area contributed by atoms with Crippen LogP contribution in [0.15, 0.2) is 24.3 Å². The molecule has 1 aliphatic heterocycles. The van der Waals surface area contributed by atoms with Crippen LogP contribution < -0.4 is 5.32 Å². The third-order valence-electron chi connectivity index (χ3n) is 3.58. The number of carbonyl (C=O) groups excluding carboxylic acids is 2. The highest BCUT2D eigenvalue weighted by atomic mass is 16.2. The first-order valence-electron chi connectivity index (χ1n) is 6.80. The zero-order chi connectivity index (χ0) is 13.8. The molecule has 1 unspecified atom stereocenters. The van der Waals surface area contributed by atoms with Crippen LogP contribution >= 0.6 is 0 Å². The topological polar surface area (TPSA) is 49.4 Å². The maximum Gasteiger partial charge on any atom is 0.243 e. The molecule has 4 heteroatoms. The summed E-state index contributed by atoms with van der Waals surface area (Å²) in [6.45, 7) is 4.66. The fourth-order valence-corrected chi connectivity index (χ4v) is 2.38. The molecule has 4 nitrogen and oxygen atoms in total. The van der Waals surface area contributed by atoms with Gasteiger partial charge in [0.05, 0.1) is 6.54 Å². The van der Waals surface area contributed by atoms with E-state index in [4.69, 9.17) is 0 Å². The normalized spacial score (nSPS) is 19.5. The summed E-state index contributed by atoms with van der Waals surface area (Å²) in [4.78, 5) is 25.4. The van der Waals surface area contributed by atoms with Gasteiger partial charge in [0.25, 0.3) is 0 Å². The summed E-state index contributed by atoms with van der Waals surface area (Å²) in [5.41, 5.74) is 2.34. The molecule has 1 saturated heterocycles. The van der Waals surface area contributed by atoms with Crippen molar-refractivity contribution >= 4 is 11.8 Å². The Kier molecular flexibility index (Phi) is 4.20. The van der Waals surface area contributed by atoms with E-state index in [1.807, 2.05) is 19.1 Å². The Bertz CT molecular complexity index is 468. The van der Waals surface area contributed by atoms with Gasteiger partial charge in [0.1, 0.15) is 6.04 Å². The van der Waals surface area contributed by atoms with E-state index in [0.29, 0.717) is 13.0 Å². The van der Waals surface area contributed by atoms with Crippen LogP contribution in [0.4, 0.5) is 0 Å². The lowest BCUT2D eigenvalue weighted by molar-refractivity contribution is -0.146. The van der Waals surface area contributed by atoms with Gasteiger partial charge in [0.15, 0.2) is 0 Å². The second-order valence-corrected chi connectivity index (χ2v) is 4.83. The molecule has 0 radical (unpaired) electrons. The number of hydrogen-bond donors (Lipinski definition) is 1. The van der Waals surface area contributed by atoms with Gasteiger partial charge in [-0.3, -0.25) is 9.59 Å². The summed E-state index contributed by atoms with van der Waals surface area (Å²) < 4.78 is 0. The Morgan fingerprint density at radius 1 is 1.16 bits per heavy atom. The quantitative estimate of drug-likeness (QED) is 0.891. The van der Waals surface area contributed by atoms with Gasteiger partial charge in [-0.15, -0.1) is 0 Å². The third-order valence-corrected chi connectivity index (χ3v) is 3.58. The van der Waals surface area contributed by atoms with Gasteiger partial charge in [-0.2, -0.15) is 0 Å². The van der Waals surface area contributed by atoms with Gasteiger partial charge in [0, 0.05) is 6.54 Å². The van der Waals surface area contributed by atoms with Crippen molar-refractivity contribution in [3.05, 3.63) is 35.4 Å². The second kappa shape index (κ2) is 5.87. The average molecular weight is 260 g/mol. The number of aryl methyl sites for hydroxylation is 1.